The van der Waals surface area contributed by atoms with Crippen LogP contribution in [0.5, 0.6) is 5.75 Å². The van der Waals surface area contributed by atoms with Crippen LogP contribution in [-0.2, 0) is 6.42 Å². The maximum atomic E-state index is 11.9. The molecular formula is C12H13N3O2. The van der Waals surface area contributed by atoms with Crippen molar-refractivity contribution in [3.8, 4) is 11.4 Å². The zero-order valence-electron chi connectivity index (χ0n) is 9.75. The first kappa shape index (κ1) is 11.3. The molecule has 88 valence electrons. The van der Waals surface area contributed by atoms with E-state index < -0.39 is 0 Å². The molecular weight excluding hydrogens is 218 g/mol. The second-order valence-corrected chi connectivity index (χ2v) is 3.48. The monoisotopic (exact) mass is 231 g/mol. The van der Waals surface area contributed by atoms with E-state index in [-0.39, 0.29) is 11.3 Å². The van der Waals surface area contributed by atoms with Gasteiger partial charge in [0.1, 0.15) is 0 Å². The van der Waals surface area contributed by atoms with Gasteiger partial charge >= 0.3 is 5.56 Å². The van der Waals surface area contributed by atoms with E-state index in [4.69, 9.17) is 4.74 Å². The molecule has 2 rings (SSSR count). The SMILES string of the molecule is CCc1ccc(-n2nccc(OC)c2=O)cn1. The molecule has 0 spiro atoms. The van der Waals surface area contributed by atoms with Crippen LogP contribution in [0.25, 0.3) is 5.69 Å². The lowest BCUT2D eigenvalue weighted by atomic mass is 10.3. The van der Waals surface area contributed by atoms with Gasteiger partial charge in [-0.05, 0) is 18.6 Å². The Morgan fingerprint density at radius 1 is 1.35 bits per heavy atom. The normalized spacial score (nSPS) is 10.2. The summed E-state index contributed by atoms with van der Waals surface area (Å²) in [6, 6.07) is 5.23. The molecule has 0 saturated heterocycles. The van der Waals surface area contributed by atoms with Crippen molar-refractivity contribution in [3.05, 3.63) is 46.6 Å². The summed E-state index contributed by atoms with van der Waals surface area (Å²) < 4.78 is 6.23. The molecule has 0 bridgehead atoms. The highest BCUT2D eigenvalue weighted by Gasteiger charge is 2.06. The molecule has 0 atom stereocenters. The van der Waals surface area contributed by atoms with Crippen LogP contribution in [-0.4, -0.2) is 21.9 Å². The zero-order valence-corrected chi connectivity index (χ0v) is 9.75. The minimum Gasteiger partial charge on any atom is -0.491 e. The van der Waals surface area contributed by atoms with Crippen molar-refractivity contribution in [2.75, 3.05) is 7.11 Å². The van der Waals surface area contributed by atoms with Gasteiger partial charge in [-0.3, -0.25) is 9.78 Å². The fraction of sp³-hybridized carbons (Fsp3) is 0.250. The molecule has 17 heavy (non-hydrogen) atoms. The Hall–Kier alpha value is -2.17. The van der Waals surface area contributed by atoms with E-state index in [9.17, 15) is 4.79 Å². The molecule has 2 aromatic heterocycles. The lowest BCUT2D eigenvalue weighted by Crippen LogP contribution is -2.21. The molecule has 0 aliphatic carbocycles. The quantitative estimate of drug-likeness (QED) is 0.796. The van der Waals surface area contributed by atoms with Crippen LogP contribution >= 0.6 is 0 Å². The Balaban J connectivity index is 2.49. The summed E-state index contributed by atoms with van der Waals surface area (Å²) >= 11 is 0. The number of aromatic nitrogens is 3. The van der Waals surface area contributed by atoms with Crippen molar-refractivity contribution in [1.82, 2.24) is 14.8 Å². The second-order valence-electron chi connectivity index (χ2n) is 3.48. The Morgan fingerprint density at radius 2 is 2.18 bits per heavy atom. The van der Waals surface area contributed by atoms with E-state index in [0.717, 1.165) is 12.1 Å². The molecule has 0 unspecified atom stereocenters. The minimum atomic E-state index is -0.291. The molecule has 0 fully saturated rings. The first-order valence-electron chi connectivity index (χ1n) is 5.34. The fourth-order valence-electron chi connectivity index (χ4n) is 1.49. The topological polar surface area (TPSA) is 57.0 Å². The summed E-state index contributed by atoms with van der Waals surface area (Å²) in [4.78, 5) is 16.1. The standard InChI is InChI=1S/C12H13N3O2/c1-3-9-4-5-10(8-13-9)15-12(16)11(17-2)6-7-14-15/h4-8H,3H2,1-2H3. The third kappa shape index (κ3) is 2.18. The molecule has 2 heterocycles. The maximum absolute atomic E-state index is 11.9. The van der Waals surface area contributed by atoms with Crippen molar-refractivity contribution in [1.29, 1.82) is 0 Å². The largest absolute Gasteiger partial charge is 0.491 e. The number of hydrogen-bond acceptors (Lipinski definition) is 4. The van der Waals surface area contributed by atoms with Crippen molar-refractivity contribution >= 4 is 0 Å². The molecule has 0 aliphatic heterocycles. The smallest absolute Gasteiger partial charge is 0.313 e. The van der Waals surface area contributed by atoms with E-state index >= 15 is 0 Å². The number of aryl methyl sites for hydroxylation is 1. The van der Waals surface area contributed by atoms with Crippen molar-refractivity contribution < 1.29 is 4.74 Å². The number of methoxy groups -OCH3 is 1. The van der Waals surface area contributed by atoms with Crippen LogP contribution in [0.1, 0.15) is 12.6 Å². The highest BCUT2D eigenvalue weighted by atomic mass is 16.5. The Bertz CT molecular complexity index is 561. The number of nitrogens with zero attached hydrogens (tertiary/aromatic N) is 3. The van der Waals surface area contributed by atoms with E-state index in [2.05, 4.69) is 10.1 Å². The van der Waals surface area contributed by atoms with Gasteiger partial charge in [0.15, 0.2) is 5.75 Å². The molecule has 5 heteroatoms. The molecule has 0 amide bonds. The Labute approximate surface area is 98.7 Å². The predicted molar refractivity (Wildman–Crippen MR) is 63.6 cm³/mol. The number of rotatable bonds is 3. The van der Waals surface area contributed by atoms with Crippen LogP contribution in [0.15, 0.2) is 35.4 Å². The molecule has 2 aromatic rings. The summed E-state index contributed by atoms with van der Waals surface area (Å²) in [6.07, 6.45) is 4.02. The molecule has 0 aromatic carbocycles. The van der Waals surface area contributed by atoms with Gasteiger partial charge in [0, 0.05) is 11.8 Å². The summed E-state index contributed by atoms with van der Waals surface area (Å²) in [5, 5.41) is 4.00. The van der Waals surface area contributed by atoms with E-state index in [1.165, 1.54) is 24.1 Å². The summed E-state index contributed by atoms with van der Waals surface area (Å²) in [5.74, 6) is 0.263. The van der Waals surface area contributed by atoms with Gasteiger partial charge in [-0.15, -0.1) is 0 Å². The van der Waals surface area contributed by atoms with Crippen LogP contribution in [0.3, 0.4) is 0 Å². The van der Waals surface area contributed by atoms with Gasteiger partial charge in [0.05, 0.1) is 25.2 Å². The number of hydrogen-bond donors (Lipinski definition) is 0. The third-order valence-corrected chi connectivity index (χ3v) is 2.45. The summed E-state index contributed by atoms with van der Waals surface area (Å²) in [5.41, 5.74) is 1.32. The molecule has 0 aliphatic rings. The Morgan fingerprint density at radius 3 is 2.76 bits per heavy atom. The molecule has 5 nitrogen and oxygen atoms in total. The average Bonchev–Trinajstić information content (AvgIpc) is 2.39. The highest BCUT2D eigenvalue weighted by Crippen LogP contribution is 2.06. The maximum Gasteiger partial charge on any atom is 0.313 e. The lowest BCUT2D eigenvalue weighted by Gasteiger charge is -2.06. The van der Waals surface area contributed by atoms with Gasteiger partial charge in [-0.2, -0.15) is 9.78 Å². The van der Waals surface area contributed by atoms with Crippen LogP contribution < -0.4 is 10.3 Å². The predicted octanol–water partition coefficient (Wildman–Crippen LogP) is 1.20. The van der Waals surface area contributed by atoms with Crippen molar-refractivity contribution in [3.63, 3.8) is 0 Å². The summed E-state index contributed by atoms with van der Waals surface area (Å²) in [7, 11) is 1.46. The van der Waals surface area contributed by atoms with Gasteiger partial charge in [-0.1, -0.05) is 6.92 Å². The summed E-state index contributed by atoms with van der Waals surface area (Å²) in [6.45, 7) is 2.03. The first-order valence-corrected chi connectivity index (χ1v) is 5.34. The van der Waals surface area contributed by atoms with E-state index in [1.807, 2.05) is 19.1 Å². The fourth-order valence-corrected chi connectivity index (χ4v) is 1.49. The molecule has 0 saturated carbocycles. The lowest BCUT2D eigenvalue weighted by molar-refractivity contribution is 0.403. The third-order valence-electron chi connectivity index (χ3n) is 2.45. The Kier molecular flexibility index (Phi) is 3.18. The average molecular weight is 231 g/mol. The number of pyridine rings is 1. The van der Waals surface area contributed by atoms with Crippen LogP contribution in [0, 0.1) is 0 Å². The van der Waals surface area contributed by atoms with Gasteiger partial charge in [-0.25, -0.2) is 0 Å². The zero-order chi connectivity index (χ0) is 12.3. The second kappa shape index (κ2) is 4.78. The first-order chi connectivity index (χ1) is 8.26. The van der Waals surface area contributed by atoms with E-state index in [1.54, 1.807) is 6.20 Å². The van der Waals surface area contributed by atoms with E-state index in [0.29, 0.717) is 5.69 Å². The highest BCUT2D eigenvalue weighted by molar-refractivity contribution is 5.30. The van der Waals surface area contributed by atoms with Gasteiger partial charge in [0.25, 0.3) is 0 Å². The minimum absolute atomic E-state index is 0.263. The van der Waals surface area contributed by atoms with Crippen molar-refractivity contribution in [2.45, 2.75) is 13.3 Å². The molecule has 0 N–H and O–H groups in total. The van der Waals surface area contributed by atoms with Gasteiger partial charge < -0.3 is 4.74 Å². The molecule has 0 radical (unpaired) electrons. The number of ether oxygens (including phenoxy) is 1. The van der Waals surface area contributed by atoms with Gasteiger partial charge in [0.2, 0.25) is 0 Å². The van der Waals surface area contributed by atoms with Crippen LogP contribution in [0.4, 0.5) is 0 Å². The van der Waals surface area contributed by atoms with Crippen LogP contribution in [0.2, 0.25) is 0 Å². The van der Waals surface area contributed by atoms with Crippen molar-refractivity contribution in [2.24, 2.45) is 0 Å².